The van der Waals surface area contributed by atoms with Gasteiger partial charge in [-0.15, -0.1) is 0 Å². The highest BCUT2D eigenvalue weighted by Gasteiger charge is 2.21. The number of para-hydroxylation sites is 1. The summed E-state index contributed by atoms with van der Waals surface area (Å²) in [5.74, 6) is 1.18. The molecule has 2 unspecified atom stereocenters. The number of rotatable bonds is 4. The second-order valence-corrected chi connectivity index (χ2v) is 5.94. The molecule has 116 valence electrons. The van der Waals surface area contributed by atoms with Gasteiger partial charge < -0.3 is 15.8 Å². The number of benzene rings is 1. The van der Waals surface area contributed by atoms with Gasteiger partial charge in [0.1, 0.15) is 0 Å². The Balaban J connectivity index is 2.08. The predicted molar refractivity (Wildman–Crippen MR) is 85.5 cm³/mol. The maximum Gasteiger partial charge on any atom is 0.255 e. The molecule has 1 aromatic rings. The van der Waals surface area contributed by atoms with E-state index >= 15 is 0 Å². The van der Waals surface area contributed by atoms with Crippen LogP contribution in [-0.4, -0.2) is 18.6 Å². The lowest BCUT2D eigenvalue weighted by Gasteiger charge is -2.18. The molecule has 0 aromatic heterocycles. The molecule has 4 heteroatoms. The second kappa shape index (κ2) is 7.34. The van der Waals surface area contributed by atoms with Crippen LogP contribution in [0.4, 0.5) is 5.69 Å². The van der Waals surface area contributed by atoms with Gasteiger partial charge in [-0.05, 0) is 44.2 Å². The summed E-state index contributed by atoms with van der Waals surface area (Å²) in [6.45, 7) is 4.67. The molecule has 4 nitrogen and oxygen atoms in total. The molecule has 0 bridgehead atoms. The first-order valence-electron chi connectivity index (χ1n) is 7.94. The van der Waals surface area contributed by atoms with E-state index in [0.717, 1.165) is 18.8 Å². The third-order valence-electron chi connectivity index (χ3n) is 4.17. The van der Waals surface area contributed by atoms with Crippen LogP contribution in [0.25, 0.3) is 0 Å². The summed E-state index contributed by atoms with van der Waals surface area (Å²) in [5, 5.41) is 3.15. The number of nitrogens with two attached hydrogens (primary N) is 1. The van der Waals surface area contributed by atoms with Crippen LogP contribution in [-0.2, 0) is 0 Å². The third kappa shape index (κ3) is 4.13. The number of nitrogen functional groups attached to an aromatic ring is 1. The maximum absolute atomic E-state index is 12.5. The highest BCUT2D eigenvalue weighted by Crippen LogP contribution is 2.27. The Morgan fingerprint density at radius 2 is 2.14 bits per heavy atom. The van der Waals surface area contributed by atoms with E-state index in [0.29, 0.717) is 23.6 Å². The lowest BCUT2D eigenvalue weighted by Crippen LogP contribution is -2.34. The van der Waals surface area contributed by atoms with Crippen molar-refractivity contribution in [1.82, 2.24) is 5.32 Å². The minimum absolute atomic E-state index is 0.0784. The van der Waals surface area contributed by atoms with Gasteiger partial charge in [-0.25, -0.2) is 0 Å². The number of nitrogens with one attached hydrogen (secondary N) is 1. The summed E-state index contributed by atoms with van der Waals surface area (Å²) in [6.07, 6.45) is 5.73. The van der Waals surface area contributed by atoms with Crippen molar-refractivity contribution < 1.29 is 9.53 Å². The lowest BCUT2D eigenvalue weighted by molar-refractivity contribution is 0.0929. The predicted octanol–water partition coefficient (Wildman–Crippen LogP) is 3.37. The van der Waals surface area contributed by atoms with Crippen LogP contribution >= 0.6 is 0 Å². The molecule has 21 heavy (non-hydrogen) atoms. The van der Waals surface area contributed by atoms with Gasteiger partial charge in [0.2, 0.25) is 0 Å². The summed E-state index contributed by atoms with van der Waals surface area (Å²) in [7, 11) is 0. The van der Waals surface area contributed by atoms with Crippen molar-refractivity contribution in [3.8, 4) is 5.75 Å². The van der Waals surface area contributed by atoms with Crippen molar-refractivity contribution in [2.45, 2.75) is 52.0 Å². The molecule has 1 aromatic carbocycles. The van der Waals surface area contributed by atoms with Crippen LogP contribution < -0.4 is 15.8 Å². The van der Waals surface area contributed by atoms with Gasteiger partial charge in [0.25, 0.3) is 5.91 Å². The van der Waals surface area contributed by atoms with Gasteiger partial charge in [-0.3, -0.25) is 4.79 Å². The van der Waals surface area contributed by atoms with Gasteiger partial charge in [-0.2, -0.15) is 0 Å². The third-order valence-corrected chi connectivity index (χ3v) is 4.17. The quantitative estimate of drug-likeness (QED) is 0.660. The van der Waals surface area contributed by atoms with E-state index in [4.69, 9.17) is 10.5 Å². The van der Waals surface area contributed by atoms with E-state index in [1.165, 1.54) is 19.3 Å². The fraction of sp³-hybridized carbons (Fsp3) is 0.588. The molecule has 1 fully saturated rings. The zero-order valence-corrected chi connectivity index (χ0v) is 13.0. The summed E-state index contributed by atoms with van der Waals surface area (Å²) in [5.41, 5.74) is 6.97. The first kappa shape index (κ1) is 15.7. The van der Waals surface area contributed by atoms with E-state index < -0.39 is 0 Å². The molecular weight excluding hydrogens is 264 g/mol. The Bertz CT molecular complexity index is 488. The molecule has 1 saturated carbocycles. The molecule has 1 amide bonds. The van der Waals surface area contributed by atoms with Crippen molar-refractivity contribution in [3.63, 3.8) is 0 Å². The topological polar surface area (TPSA) is 64.3 Å². The van der Waals surface area contributed by atoms with E-state index in [2.05, 4.69) is 12.2 Å². The number of anilines is 1. The largest absolute Gasteiger partial charge is 0.491 e. The van der Waals surface area contributed by atoms with Gasteiger partial charge in [0.15, 0.2) is 5.75 Å². The number of carbonyl (C=O) groups is 1. The Hall–Kier alpha value is -1.71. The van der Waals surface area contributed by atoms with E-state index in [9.17, 15) is 4.79 Å². The van der Waals surface area contributed by atoms with Crippen molar-refractivity contribution >= 4 is 11.6 Å². The smallest absolute Gasteiger partial charge is 0.255 e. The lowest BCUT2D eigenvalue weighted by atomic mass is 10.0. The molecule has 0 radical (unpaired) electrons. The highest BCUT2D eigenvalue weighted by atomic mass is 16.5. The average Bonchev–Trinajstić information content (AvgIpc) is 2.66. The van der Waals surface area contributed by atoms with Crippen LogP contribution in [0.3, 0.4) is 0 Å². The zero-order chi connectivity index (χ0) is 15.2. The van der Waals surface area contributed by atoms with Crippen LogP contribution in [0.15, 0.2) is 18.2 Å². The standard InChI is InChI=1S/C17H26N2O2/c1-3-21-16-14(8-5-9-15(16)18)17(20)19-13-7-4-6-12(2)10-11-13/h5,8-9,12-13H,3-4,6-7,10-11,18H2,1-2H3,(H,19,20). The second-order valence-electron chi connectivity index (χ2n) is 5.94. The van der Waals surface area contributed by atoms with Gasteiger partial charge in [0.05, 0.1) is 17.9 Å². The molecule has 3 N–H and O–H groups in total. The molecular formula is C17H26N2O2. The van der Waals surface area contributed by atoms with Crippen molar-refractivity contribution in [3.05, 3.63) is 23.8 Å². The number of hydrogen-bond acceptors (Lipinski definition) is 3. The van der Waals surface area contributed by atoms with Gasteiger partial charge in [-0.1, -0.05) is 25.8 Å². The summed E-state index contributed by atoms with van der Waals surface area (Å²) >= 11 is 0. The highest BCUT2D eigenvalue weighted by molar-refractivity contribution is 5.98. The first-order chi connectivity index (χ1) is 10.1. The molecule has 0 heterocycles. The summed E-state index contributed by atoms with van der Waals surface area (Å²) in [6, 6.07) is 5.59. The van der Waals surface area contributed by atoms with Crippen LogP contribution in [0.5, 0.6) is 5.75 Å². The van der Waals surface area contributed by atoms with Crippen LogP contribution in [0.2, 0.25) is 0 Å². The fourth-order valence-electron chi connectivity index (χ4n) is 2.93. The fourth-order valence-corrected chi connectivity index (χ4v) is 2.93. The average molecular weight is 290 g/mol. The number of ether oxygens (including phenoxy) is 1. The van der Waals surface area contributed by atoms with Gasteiger partial charge in [0, 0.05) is 6.04 Å². The zero-order valence-electron chi connectivity index (χ0n) is 13.0. The number of hydrogen-bond donors (Lipinski definition) is 2. The molecule has 1 aliphatic rings. The number of carbonyl (C=O) groups excluding carboxylic acids is 1. The van der Waals surface area contributed by atoms with Crippen molar-refractivity contribution in [2.24, 2.45) is 5.92 Å². The Morgan fingerprint density at radius 3 is 2.90 bits per heavy atom. The minimum atomic E-state index is -0.0784. The first-order valence-corrected chi connectivity index (χ1v) is 7.94. The van der Waals surface area contributed by atoms with Crippen molar-refractivity contribution in [1.29, 1.82) is 0 Å². The van der Waals surface area contributed by atoms with Crippen LogP contribution in [0, 0.1) is 5.92 Å². The molecule has 0 spiro atoms. The molecule has 0 saturated heterocycles. The minimum Gasteiger partial charge on any atom is -0.491 e. The monoisotopic (exact) mass is 290 g/mol. The van der Waals surface area contributed by atoms with Crippen LogP contribution in [0.1, 0.15) is 56.3 Å². The number of amides is 1. The SMILES string of the molecule is CCOc1c(N)cccc1C(=O)NC1CCCC(C)CC1. The molecule has 0 aliphatic heterocycles. The molecule has 2 atom stereocenters. The van der Waals surface area contributed by atoms with E-state index in [1.54, 1.807) is 18.2 Å². The Morgan fingerprint density at radius 1 is 1.33 bits per heavy atom. The van der Waals surface area contributed by atoms with Crippen molar-refractivity contribution in [2.75, 3.05) is 12.3 Å². The Kier molecular flexibility index (Phi) is 5.48. The normalized spacial score (nSPS) is 22.4. The van der Waals surface area contributed by atoms with E-state index in [-0.39, 0.29) is 11.9 Å². The maximum atomic E-state index is 12.5. The van der Waals surface area contributed by atoms with Gasteiger partial charge >= 0.3 is 0 Å². The summed E-state index contributed by atoms with van der Waals surface area (Å²) in [4.78, 5) is 12.5. The molecule has 2 rings (SSSR count). The Labute approximate surface area is 127 Å². The molecule has 1 aliphatic carbocycles. The summed E-state index contributed by atoms with van der Waals surface area (Å²) < 4.78 is 5.53. The van der Waals surface area contributed by atoms with E-state index in [1.807, 2.05) is 6.92 Å².